The van der Waals surface area contributed by atoms with Crippen LogP contribution >= 0.6 is 0 Å². The highest BCUT2D eigenvalue weighted by Gasteiger charge is 2.57. The molecular formula is C19H26N2O7. The van der Waals surface area contributed by atoms with Gasteiger partial charge in [-0.15, -0.1) is 0 Å². The number of aliphatic carboxylic acids is 1. The average molecular weight is 394 g/mol. The number of amides is 1. The number of primary amides is 1. The molecule has 154 valence electrons. The van der Waals surface area contributed by atoms with Crippen LogP contribution in [0.4, 0.5) is 0 Å². The van der Waals surface area contributed by atoms with E-state index in [0.29, 0.717) is 12.0 Å². The summed E-state index contributed by atoms with van der Waals surface area (Å²) in [5.41, 5.74) is 6.42. The fourth-order valence-electron chi connectivity index (χ4n) is 4.86. The molecule has 9 nitrogen and oxygen atoms in total. The average Bonchev–Trinajstić information content (AvgIpc) is 3.04. The van der Waals surface area contributed by atoms with Crippen LogP contribution in [0.15, 0.2) is 24.3 Å². The van der Waals surface area contributed by atoms with E-state index in [9.17, 15) is 29.7 Å². The van der Waals surface area contributed by atoms with Gasteiger partial charge in [-0.05, 0) is 24.3 Å². The molecule has 3 fully saturated rings. The second-order valence-electron chi connectivity index (χ2n) is 7.94. The summed E-state index contributed by atoms with van der Waals surface area (Å²) in [6.07, 6.45) is -2.01. The maximum Gasteiger partial charge on any atom is 0.321 e. The number of carboxylic acid groups (broad SMARTS) is 1. The molecule has 0 spiro atoms. The van der Waals surface area contributed by atoms with Gasteiger partial charge in [0.05, 0.1) is 24.5 Å². The zero-order valence-corrected chi connectivity index (χ0v) is 15.4. The van der Waals surface area contributed by atoms with E-state index in [2.05, 4.69) is 18.5 Å². The molecule has 1 saturated heterocycles. The zero-order valence-electron chi connectivity index (χ0n) is 15.4. The van der Waals surface area contributed by atoms with E-state index in [-0.39, 0.29) is 24.8 Å². The highest BCUT2D eigenvalue weighted by molar-refractivity contribution is 5.83. The highest BCUT2D eigenvalue weighted by atomic mass is 16.6. The maximum absolute atomic E-state index is 12.5. The maximum atomic E-state index is 12.5. The summed E-state index contributed by atoms with van der Waals surface area (Å²) in [4.78, 5) is 34.9. The van der Waals surface area contributed by atoms with Gasteiger partial charge in [-0.3, -0.25) is 14.4 Å². The second kappa shape index (κ2) is 7.65. The van der Waals surface area contributed by atoms with Crippen LogP contribution in [0.2, 0.25) is 0 Å². The van der Waals surface area contributed by atoms with E-state index >= 15 is 0 Å². The molecule has 1 aliphatic heterocycles. The number of aliphatic hydroxyl groups excluding tert-OH is 2. The first-order valence-corrected chi connectivity index (χ1v) is 9.29. The van der Waals surface area contributed by atoms with Crippen LogP contribution in [0.5, 0.6) is 0 Å². The minimum atomic E-state index is -1.26. The van der Waals surface area contributed by atoms with Crippen LogP contribution in [0, 0.1) is 23.7 Å². The minimum absolute atomic E-state index is 0.0831. The lowest BCUT2D eigenvalue weighted by Gasteiger charge is -2.28. The number of nitrogens with two attached hydrogens (primary N) is 1. The number of carboxylic acids is 1. The van der Waals surface area contributed by atoms with Crippen molar-refractivity contribution in [3.63, 3.8) is 0 Å². The number of aliphatic hydroxyl groups is 2. The number of carbonyl (C=O) groups is 3. The highest BCUT2D eigenvalue weighted by Crippen LogP contribution is 2.52. The molecule has 1 heterocycles. The van der Waals surface area contributed by atoms with Crippen LogP contribution in [-0.4, -0.2) is 64.1 Å². The van der Waals surface area contributed by atoms with Gasteiger partial charge in [0.15, 0.2) is 0 Å². The van der Waals surface area contributed by atoms with Gasteiger partial charge in [-0.2, -0.15) is 0 Å². The van der Waals surface area contributed by atoms with Crippen LogP contribution < -0.4 is 11.1 Å². The third kappa shape index (κ3) is 3.57. The quantitative estimate of drug-likeness (QED) is 0.281. The van der Waals surface area contributed by atoms with Gasteiger partial charge in [-0.25, -0.2) is 0 Å². The van der Waals surface area contributed by atoms with Crippen LogP contribution in [-0.2, 0) is 19.1 Å². The van der Waals surface area contributed by atoms with Crippen molar-refractivity contribution in [2.24, 2.45) is 29.4 Å². The monoisotopic (exact) mass is 394 g/mol. The number of hydrogen-bond donors (Lipinski definition) is 5. The first kappa shape index (κ1) is 20.5. The Balaban J connectivity index is 1.82. The lowest BCUT2D eigenvalue weighted by molar-refractivity contribution is -0.146. The molecule has 8 atom stereocenters. The number of esters is 1. The molecule has 0 aromatic heterocycles. The molecule has 3 rings (SSSR count). The Kier molecular flexibility index (Phi) is 5.60. The van der Waals surface area contributed by atoms with E-state index in [4.69, 9.17) is 10.5 Å². The summed E-state index contributed by atoms with van der Waals surface area (Å²) in [5.74, 6) is -4.46. The smallest absolute Gasteiger partial charge is 0.321 e. The number of fused-ring (bicyclic) bond motifs is 3. The molecule has 2 aliphatic carbocycles. The number of carbonyl (C=O) groups excluding carboxylic acids is 2. The zero-order chi connectivity index (χ0) is 20.7. The van der Waals surface area contributed by atoms with Gasteiger partial charge in [0.25, 0.3) is 0 Å². The Morgan fingerprint density at radius 2 is 2.00 bits per heavy atom. The van der Waals surface area contributed by atoms with Crippen molar-refractivity contribution in [1.29, 1.82) is 0 Å². The Hall–Kier alpha value is -2.23. The molecular weight excluding hydrogens is 368 g/mol. The molecule has 2 saturated carbocycles. The van der Waals surface area contributed by atoms with Gasteiger partial charge >= 0.3 is 11.9 Å². The molecule has 0 aromatic carbocycles. The van der Waals surface area contributed by atoms with Crippen molar-refractivity contribution in [3.05, 3.63) is 24.3 Å². The number of rotatable bonds is 6. The van der Waals surface area contributed by atoms with Gasteiger partial charge in [-0.1, -0.05) is 18.7 Å². The fraction of sp³-hybridized carbons (Fsp3) is 0.632. The molecule has 9 heteroatoms. The Bertz CT molecular complexity index is 721. The SMILES string of the molecule is C=C1CC(O)C2C(CNC(CC(N)=O)C(=O)O)C(=O)OC2C2C(=C)C(O)CC12. The third-order valence-corrected chi connectivity index (χ3v) is 6.25. The van der Waals surface area contributed by atoms with Crippen LogP contribution in [0.1, 0.15) is 19.3 Å². The Morgan fingerprint density at radius 1 is 1.32 bits per heavy atom. The summed E-state index contributed by atoms with van der Waals surface area (Å²) < 4.78 is 5.59. The lowest BCUT2D eigenvalue weighted by Crippen LogP contribution is -2.45. The molecule has 3 aliphatic rings. The van der Waals surface area contributed by atoms with Crippen molar-refractivity contribution >= 4 is 17.8 Å². The lowest BCUT2D eigenvalue weighted by atomic mass is 9.78. The predicted octanol–water partition coefficient (Wildman–Crippen LogP) is -1.06. The standard InChI is InChI=1S/C19H26N2O7/c1-7-3-13(23)16-10(6-21-11(18(25)26)5-14(20)24)19(27)28-17(16)15-8(2)12(22)4-9(7)15/h9-13,15-17,21-23H,1-6H2,(H2,20,24)(H,25,26). The topological polar surface area (TPSA) is 159 Å². The third-order valence-electron chi connectivity index (χ3n) is 6.25. The van der Waals surface area contributed by atoms with Crippen LogP contribution in [0.3, 0.4) is 0 Å². The fourth-order valence-corrected chi connectivity index (χ4v) is 4.86. The molecule has 0 bridgehead atoms. The second-order valence-corrected chi connectivity index (χ2v) is 7.94. The largest absolute Gasteiger partial charge is 0.480 e. The molecule has 1 amide bonds. The summed E-state index contributed by atoms with van der Waals surface area (Å²) in [6, 6.07) is -1.24. The first-order valence-electron chi connectivity index (χ1n) is 9.29. The van der Waals surface area contributed by atoms with E-state index in [0.717, 1.165) is 5.57 Å². The van der Waals surface area contributed by atoms with Crippen molar-refractivity contribution in [2.45, 2.75) is 43.6 Å². The number of nitrogens with one attached hydrogen (secondary N) is 1. The van der Waals surface area contributed by atoms with Crippen molar-refractivity contribution in [2.75, 3.05) is 6.54 Å². The van der Waals surface area contributed by atoms with Gasteiger partial charge in [0, 0.05) is 18.4 Å². The Labute approximate surface area is 162 Å². The normalized spacial score (nSPS) is 38.4. The molecule has 8 unspecified atom stereocenters. The summed E-state index contributed by atoms with van der Waals surface area (Å²) in [7, 11) is 0. The summed E-state index contributed by atoms with van der Waals surface area (Å²) >= 11 is 0. The van der Waals surface area contributed by atoms with Crippen molar-refractivity contribution in [1.82, 2.24) is 5.32 Å². The van der Waals surface area contributed by atoms with Gasteiger partial charge in [0.1, 0.15) is 12.1 Å². The van der Waals surface area contributed by atoms with E-state index < -0.39 is 60.5 Å². The summed E-state index contributed by atoms with van der Waals surface area (Å²) in [6.45, 7) is 7.91. The van der Waals surface area contributed by atoms with Gasteiger partial charge < -0.3 is 31.1 Å². The van der Waals surface area contributed by atoms with Gasteiger partial charge in [0.2, 0.25) is 5.91 Å². The summed E-state index contributed by atoms with van der Waals surface area (Å²) in [5, 5.41) is 32.9. The van der Waals surface area contributed by atoms with Crippen LogP contribution in [0.25, 0.3) is 0 Å². The molecule has 0 radical (unpaired) electrons. The number of hydrogen-bond acceptors (Lipinski definition) is 7. The minimum Gasteiger partial charge on any atom is -0.480 e. The molecule has 28 heavy (non-hydrogen) atoms. The first-order chi connectivity index (χ1) is 13.1. The molecule has 0 aromatic rings. The Morgan fingerprint density at radius 3 is 2.61 bits per heavy atom. The number of ether oxygens (including phenoxy) is 1. The predicted molar refractivity (Wildman–Crippen MR) is 96.6 cm³/mol. The van der Waals surface area contributed by atoms with Crippen molar-refractivity contribution < 1.29 is 34.4 Å². The van der Waals surface area contributed by atoms with E-state index in [1.165, 1.54) is 0 Å². The van der Waals surface area contributed by atoms with Crippen molar-refractivity contribution in [3.8, 4) is 0 Å². The van der Waals surface area contributed by atoms with E-state index in [1.54, 1.807) is 0 Å². The van der Waals surface area contributed by atoms with E-state index in [1.807, 2.05) is 0 Å². The molecule has 6 N–H and O–H groups in total.